The van der Waals surface area contributed by atoms with Gasteiger partial charge in [-0.3, -0.25) is 0 Å². The Labute approximate surface area is 89.5 Å². The Bertz CT molecular complexity index is 211. The Kier molecular flexibility index (Phi) is 2.25. The van der Waals surface area contributed by atoms with Crippen molar-refractivity contribution in [2.24, 2.45) is 28.6 Å². The highest BCUT2D eigenvalue weighted by Gasteiger charge is 2.51. The highest BCUT2D eigenvalue weighted by atomic mass is 14.6. The van der Waals surface area contributed by atoms with E-state index in [1.54, 1.807) is 0 Å². The van der Waals surface area contributed by atoms with Gasteiger partial charge in [0, 0.05) is 0 Å². The SMILES string of the molecule is CC(C1CC(C2(C)CC2)C1)C(C)(C)C. The third-order valence-corrected chi connectivity index (χ3v) is 5.27. The minimum absolute atomic E-state index is 0.514. The lowest BCUT2D eigenvalue weighted by Crippen LogP contribution is -2.38. The molecule has 1 atom stereocenters. The van der Waals surface area contributed by atoms with E-state index in [1.807, 2.05) is 0 Å². The van der Waals surface area contributed by atoms with Crippen LogP contribution in [0.3, 0.4) is 0 Å². The number of hydrogen-bond donors (Lipinski definition) is 0. The summed E-state index contributed by atoms with van der Waals surface area (Å²) < 4.78 is 0. The van der Waals surface area contributed by atoms with Crippen LogP contribution < -0.4 is 0 Å². The summed E-state index contributed by atoms with van der Waals surface area (Å²) in [5, 5.41) is 0. The first-order valence-electron chi connectivity index (χ1n) is 6.33. The largest absolute Gasteiger partial charge is 0.0617 e. The molecule has 82 valence electrons. The van der Waals surface area contributed by atoms with E-state index in [0.29, 0.717) is 5.41 Å². The van der Waals surface area contributed by atoms with Crippen molar-refractivity contribution in [2.75, 3.05) is 0 Å². The molecule has 1 unspecified atom stereocenters. The molecule has 2 aliphatic carbocycles. The molecule has 0 amide bonds. The Morgan fingerprint density at radius 1 is 1.14 bits per heavy atom. The predicted molar refractivity (Wildman–Crippen MR) is 62.2 cm³/mol. The van der Waals surface area contributed by atoms with E-state index in [0.717, 1.165) is 23.2 Å². The van der Waals surface area contributed by atoms with Gasteiger partial charge in [-0.2, -0.15) is 0 Å². The van der Waals surface area contributed by atoms with Crippen molar-refractivity contribution < 1.29 is 0 Å². The monoisotopic (exact) mass is 194 g/mol. The molecule has 14 heavy (non-hydrogen) atoms. The van der Waals surface area contributed by atoms with Crippen LogP contribution in [0, 0.1) is 28.6 Å². The number of rotatable bonds is 2. The van der Waals surface area contributed by atoms with Gasteiger partial charge in [-0.15, -0.1) is 0 Å². The van der Waals surface area contributed by atoms with Crippen LogP contribution in [0.4, 0.5) is 0 Å². The van der Waals surface area contributed by atoms with Gasteiger partial charge in [-0.1, -0.05) is 34.6 Å². The quantitative estimate of drug-likeness (QED) is 0.607. The second-order valence-electron chi connectivity index (χ2n) is 7.24. The summed E-state index contributed by atoms with van der Waals surface area (Å²) in [6.45, 7) is 12.1. The number of hydrogen-bond acceptors (Lipinski definition) is 0. The first-order valence-corrected chi connectivity index (χ1v) is 6.33. The highest BCUT2D eigenvalue weighted by Crippen LogP contribution is 2.61. The maximum absolute atomic E-state index is 2.50. The summed E-state index contributed by atoms with van der Waals surface area (Å²) >= 11 is 0. The molecule has 0 heteroatoms. The molecule has 2 saturated carbocycles. The molecule has 2 aliphatic rings. The molecular weight excluding hydrogens is 168 g/mol. The Balaban J connectivity index is 1.82. The van der Waals surface area contributed by atoms with Crippen LogP contribution in [-0.4, -0.2) is 0 Å². The van der Waals surface area contributed by atoms with Crippen LogP contribution in [0.1, 0.15) is 60.3 Å². The van der Waals surface area contributed by atoms with E-state index < -0.39 is 0 Å². The lowest BCUT2D eigenvalue weighted by molar-refractivity contribution is 0.0309. The van der Waals surface area contributed by atoms with Gasteiger partial charge in [0.2, 0.25) is 0 Å². The molecule has 0 bridgehead atoms. The fourth-order valence-corrected chi connectivity index (χ4v) is 2.95. The predicted octanol–water partition coefficient (Wildman–Crippen LogP) is 4.49. The third kappa shape index (κ3) is 1.73. The molecule has 0 aromatic heterocycles. The van der Waals surface area contributed by atoms with Crippen molar-refractivity contribution in [2.45, 2.75) is 60.3 Å². The van der Waals surface area contributed by atoms with Crippen LogP contribution in [-0.2, 0) is 0 Å². The molecule has 0 aromatic rings. The zero-order valence-corrected chi connectivity index (χ0v) is 10.6. The fourth-order valence-electron chi connectivity index (χ4n) is 2.95. The fraction of sp³-hybridized carbons (Fsp3) is 1.00. The second kappa shape index (κ2) is 3.00. The topological polar surface area (TPSA) is 0 Å². The van der Waals surface area contributed by atoms with Crippen LogP contribution in [0.15, 0.2) is 0 Å². The van der Waals surface area contributed by atoms with Gasteiger partial charge in [0.05, 0.1) is 0 Å². The molecule has 0 heterocycles. The van der Waals surface area contributed by atoms with Crippen molar-refractivity contribution in [3.8, 4) is 0 Å². The molecule has 0 nitrogen and oxygen atoms in total. The minimum atomic E-state index is 0.514. The highest BCUT2D eigenvalue weighted by molar-refractivity contribution is 5.01. The average Bonchev–Trinajstić information content (AvgIpc) is 2.63. The van der Waals surface area contributed by atoms with Crippen molar-refractivity contribution in [3.63, 3.8) is 0 Å². The molecule has 0 aromatic carbocycles. The smallest absolute Gasteiger partial charge is 0.0297 e. The van der Waals surface area contributed by atoms with E-state index in [4.69, 9.17) is 0 Å². The molecule has 0 N–H and O–H groups in total. The van der Waals surface area contributed by atoms with Crippen molar-refractivity contribution in [1.82, 2.24) is 0 Å². The summed E-state index contributed by atoms with van der Waals surface area (Å²) in [5.41, 5.74) is 1.30. The van der Waals surface area contributed by atoms with Crippen LogP contribution in [0.5, 0.6) is 0 Å². The molecule has 0 saturated heterocycles. The third-order valence-electron chi connectivity index (χ3n) is 5.27. The van der Waals surface area contributed by atoms with E-state index >= 15 is 0 Å². The lowest BCUT2D eigenvalue weighted by atomic mass is 9.59. The second-order valence-corrected chi connectivity index (χ2v) is 7.24. The summed E-state index contributed by atoms with van der Waals surface area (Å²) in [5.74, 6) is 3.01. The Morgan fingerprint density at radius 2 is 1.64 bits per heavy atom. The first-order chi connectivity index (χ1) is 6.33. The maximum Gasteiger partial charge on any atom is -0.0297 e. The van der Waals surface area contributed by atoms with Crippen LogP contribution in [0.25, 0.3) is 0 Å². The summed E-state index contributed by atoms with van der Waals surface area (Å²) in [6.07, 6.45) is 6.06. The van der Waals surface area contributed by atoms with Crippen molar-refractivity contribution in [3.05, 3.63) is 0 Å². The summed E-state index contributed by atoms with van der Waals surface area (Å²) in [6, 6.07) is 0. The minimum Gasteiger partial charge on any atom is -0.0617 e. The molecule has 2 fully saturated rings. The maximum atomic E-state index is 2.50. The van der Waals surface area contributed by atoms with Gasteiger partial charge in [-0.05, 0) is 54.3 Å². The zero-order chi connectivity index (χ0) is 10.6. The normalized spacial score (nSPS) is 37.5. The van der Waals surface area contributed by atoms with E-state index in [-0.39, 0.29) is 0 Å². The lowest BCUT2D eigenvalue weighted by Gasteiger charge is -2.47. The molecule has 0 aliphatic heterocycles. The Hall–Kier alpha value is 0. The standard InChI is InChI=1S/C14H26/c1-10(13(2,3)4)11-8-12(9-11)14(5)6-7-14/h10-12H,6-9H2,1-5H3. The van der Waals surface area contributed by atoms with Gasteiger partial charge in [0.1, 0.15) is 0 Å². The van der Waals surface area contributed by atoms with Gasteiger partial charge < -0.3 is 0 Å². The van der Waals surface area contributed by atoms with Crippen molar-refractivity contribution in [1.29, 1.82) is 0 Å². The molecule has 0 spiro atoms. The zero-order valence-electron chi connectivity index (χ0n) is 10.6. The molecule has 2 rings (SSSR count). The Morgan fingerprint density at radius 3 is 2.00 bits per heavy atom. The van der Waals surface area contributed by atoms with E-state index in [1.165, 1.54) is 25.7 Å². The van der Waals surface area contributed by atoms with Gasteiger partial charge in [0.25, 0.3) is 0 Å². The van der Waals surface area contributed by atoms with Crippen molar-refractivity contribution >= 4 is 0 Å². The van der Waals surface area contributed by atoms with Gasteiger partial charge in [0.15, 0.2) is 0 Å². The first kappa shape index (κ1) is 10.5. The van der Waals surface area contributed by atoms with Gasteiger partial charge >= 0.3 is 0 Å². The molecule has 0 radical (unpaired) electrons. The van der Waals surface area contributed by atoms with E-state index in [9.17, 15) is 0 Å². The van der Waals surface area contributed by atoms with Gasteiger partial charge in [-0.25, -0.2) is 0 Å². The molecular formula is C14H26. The van der Waals surface area contributed by atoms with Crippen LogP contribution in [0.2, 0.25) is 0 Å². The van der Waals surface area contributed by atoms with E-state index in [2.05, 4.69) is 34.6 Å². The summed E-state index contributed by atoms with van der Waals surface area (Å²) in [4.78, 5) is 0. The summed E-state index contributed by atoms with van der Waals surface area (Å²) in [7, 11) is 0. The van der Waals surface area contributed by atoms with Crippen LogP contribution >= 0.6 is 0 Å². The average molecular weight is 194 g/mol.